The molecule has 0 aliphatic carbocycles. The van der Waals surface area contributed by atoms with E-state index in [2.05, 4.69) is 45.5 Å². The minimum absolute atomic E-state index is 0.0525. The van der Waals surface area contributed by atoms with E-state index in [-0.39, 0.29) is 5.41 Å². The first-order valence-electron chi connectivity index (χ1n) is 5.75. The number of rotatable bonds is 2. The van der Waals surface area contributed by atoms with Crippen molar-refractivity contribution in [1.82, 2.24) is 5.32 Å². The van der Waals surface area contributed by atoms with Crippen LogP contribution in [0.1, 0.15) is 18.4 Å². The average Bonchev–Trinajstić information content (AvgIpc) is 2.39. The van der Waals surface area contributed by atoms with Crippen molar-refractivity contribution < 1.29 is 4.74 Å². The van der Waals surface area contributed by atoms with Crippen molar-refractivity contribution in [3.05, 3.63) is 34.3 Å². The maximum Gasteiger partial charge on any atom is 0.0859 e. The molecule has 0 unspecified atom stereocenters. The molecule has 1 aliphatic heterocycles. The van der Waals surface area contributed by atoms with Gasteiger partial charge in [0.15, 0.2) is 0 Å². The zero-order chi connectivity index (χ0) is 12.3. The number of likely N-dealkylation sites (N-methyl/N-ethyl adjacent to an activating group) is 1. The first-order valence-corrected chi connectivity index (χ1v) is 6.95. The van der Waals surface area contributed by atoms with Gasteiger partial charge >= 0.3 is 0 Å². The van der Waals surface area contributed by atoms with Crippen LogP contribution < -0.4 is 5.32 Å². The van der Waals surface area contributed by atoms with Gasteiger partial charge < -0.3 is 10.1 Å². The molecule has 0 saturated carbocycles. The fourth-order valence-electron chi connectivity index (χ4n) is 2.37. The van der Waals surface area contributed by atoms with Crippen LogP contribution in [0.4, 0.5) is 0 Å². The highest BCUT2D eigenvalue weighted by Gasteiger charge is 2.38. The predicted molar refractivity (Wildman–Crippen MR) is 77.5 cm³/mol. The zero-order valence-electron chi connectivity index (χ0n) is 9.83. The molecule has 1 N–H and O–H groups in total. The number of nitrogens with one attached hydrogen (secondary N) is 1. The van der Waals surface area contributed by atoms with Gasteiger partial charge in [-0.05, 0) is 30.5 Å². The van der Waals surface area contributed by atoms with Gasteiger partial charge in [-0.3, -0.25) is 0 Å². The van der Waals surface area contributed by atoms with Crippen molar-refractivity contribution in [3.63, 3.8) is 0 Å². The number of hydrogen-bond donors (Lipinski definition) is 1. The van der Waals surface area contributed by atoms with Crippen molar-refractivity contribution >= 4 is 33.1 Å². The van der Waals surface area contributed by atoms with Crippen LogP contribution in [0.5, 0.6) is 0 Å². The van der Waals surface area contributed by atoms with Gasteiger partial charge in [-0.25, -0.2) is 0 Å². The van der Waals surface area contributed by atoms with Gasteiger partial charge in [0.1, 0.15) is 0 Å². The number of benzene rings is 1. The first-order chi connectivity index (χ1) is 8.19. The van der Waals surface area contributed by atoms with E-state index in [1.54, 1.807) is 0 Å². The van der Waals surface area contributed by atoms with E-state index < -0.39 is 0 Å². The van der Waals surface area contributed by atoms with Crippen molar-refractivity contribution in [1.29, 1.82) is 0 Å². The lowest BCUT2D eigenvalue weighted by atomic mass is 9.74. The summed E-state index contributed by atoms with van der Waals surface area (Å²) in [6.45, 7) is 1.55. The summed E-state index contributed by atoms with van der Waals surface area (Å²) in [6, 6.07) is 8.45. The molecule has 2 nitrogen and oxygen atoms in total. The van der Waals surface area contributed by atoms with Crippen molar-refractivity contribution in [2.45, 2.75) is 18.3 Å². The largest absolute Gasteiger partial charge is 0.382 e. The Bertz CT molecular complexity index is 398. The predicted octanol–water partition coefficient (Wildman–Crippen LogP) is 3.04. The standard InChI is InChI=1S/C13H16BrNOS/c1-15-12(17)13(6-8-16-9-7-13)10-2-4-11(14)5-3-10/h2-5H,6-9H2,1H3,(H,15,17). The van der Waals surface area contributed by atoms with Crippen LogP contribution >= 0.6 is 28.1 Å². The molecule has 1 aliphatic rings. The highest BCUT2D eigenvalue weighted by Crippen LogP contribution is 2.36. The summed E-state index contributed by atoms with van der Waals surface area (Å²) >= 11 is 8.99. The summed E-state index contributed by atoms with van der Waals surface area (Å²) < 4.78 is 6.56. The average molecular weight is 314 g/mol. The van der Waals surface area contributed by atoms with Crippen LogP contribution in [0.2, 0.25) is 0 Å². The van der Waals surface area contributed by atoms with Crippen molar-refractivity contribution in [2.24, 2.45) is 0 Å². The minimum atomic E-state index is -0.0525. The van der Waals surface area contributed by atoms with E-state index in [0.29, 0.717) is 0 Å². The summed E-state index contributed by atoms with van der Waals surface area (Å²) in [7, 11) is 1.90. The maximum atomic E-state index is 5.52. The van der Waals surface area contributed by atoms with Crippen LogP contribution in [-0.2, 0) is 10.2 Å². The molecule has 0 spiro atoms. The highest BCUT2D eigenvalue weighted by molar-refractivity contribution is 9.10. The molecule has 1 aromatic carbocycles. The van der Waals surface area contributed by atoms with Gasteiger partial charge in [0, 0.05) is 30.1 Å². The third-order valence-corrected chi connectivity index (χ3v) is 4.53. The van der Waals surface area contributed by atoms with E-state index in [1.807, 2.05) is 7.05 Å². The summed E-state index contributed by atoms with van der Waals surface area (Å²) in [6.07, 6.45) is 1.91. The molecular weight excluding hydrogens is 298 g/mol. The van der Waals surface area contributed by atoms with E-state index in [0.717, 1.165) is 35.5 Å². The Morgan fingerprint density at radius 2 is 1.88 bits per heavy atom. The molecule has 0 bridgehead atoms. The molecule has 17 heavy (non-hydrogen) atoms. The third kappa shape index (κ3) is 2.54. The van der Waals surface area contributed by atoms with E-state index in [9.17, 15) is 0 Å². The van der Waals surface area contributed by atoms with Gasteiger partial charge in [-0.15, -0.1) is 0 Å². The molecular formula is C13H16BrNOS. The SMILES string of the molecule is CNC(=S)C1(c2ccc(Br)cc2)CCOCC1. The fraction of sp³-hybridized carbons (Fsp3) is 0.462. The second kappa shape index (κ2) is 5.46. The van der Waals surface area contributed by atoms with Crippen molar-refractivity contribution in [2.75, 3.05) is 20.3 Å². The molecule has 1 aromatic rings. The number of halogens is 1. The number of hydrogen-bond acceptors (Lipinski definition) is 2. The van der Waals surface area contributed by atoms with E-state index in [4.69, 9.17) is 17.0 Å². The molecule has 2 rings (SSSR count). The molecule has 1 fully saturated rings. The van der Waals surface area contributed by atoms with Gasteiger partial charge in [0.25, 0.3) is 0 Å². The maximum absolute atomic E-state index is 5.52. The Morgan fingerprint density at radius 1 is 1.29 bits per heavy atom. The quantitative estimate of drug-likeness (QED) is 0.848. The van der Waals surface area contributed by atoms with Gasteiger partial charge in [-0.2, -0.15) is 0 Å². The first kappa shape index (κ1) is 13.0. The smallest absolute Gasteiger partial charge is 0.0859 e. The van der Waals surface area contributed by atoms with Crippen LogP contribution in [-0.4, -0.2) is 25.2 Å². The molecule has 0 atom stereocenters. The Labute approximate surface area is 116 Å². The van der Waals surface area contributed by atoms with Crippen LogP contribution in [0.15, 0.2) is 28.7 Å². The summed E-state index contributed by atoms with van der Waals surface area (Å²) in [4.78, 5) is 0.920. The molecule has 1 saturated heterocycles. The molecule has 1 heterocycles. The topological polar surface area (TPSA) is 21.3 Å². The van der Waals surface area contributed by atoms with Crippen molar-refractivity contribution in [3.8, 4) is 0 Å². The lowest BCUT2D eigenvalue weighted by molar-refractivity contribution is 0.0707. The molecule has 92 valence electrons. The van der Waals surface area contributed by atoms with E-state index >= 15 is 0 Å². The Morgan fingerprint density at radius 3 is 2.41 bits per heavy atom. The molecule has 0 radical (unpaired) electrons. The van der Waals surface area contributed by atoms with E-state index in [1.165, 1.54) is 5.56 Å². The lowest BCUT2D eigenvalue weighted by Crippen LogP contribution is -2.45. The van der Waals surface area contributed by atoms with Gasteiger partial charge in [0.2, 0.25) is 0 Å². The third-order valence-electron chi connectivity index (χ3n) is 3.40. The summed E-state index contributed by atoms with van der Waals surface area (Å²) in [5.74, 6) is 0. The normalized spacial score (nSPS) is 18.7. The number of ether oxygens (including phenoxy) is 1. The second-order valence-corrected chi connectivity index (χ2v) is 5.60. The molecule has 0 amide bonds. The van der Waals surface area contributed by atoms with Gasteiger partial charge in [-0.1, -0.05) is 40.3 Å². The Hall–Kier alpha value is -0.450. The lowest BCUT2D eigenvalue weighted by Gasteiger charge is -2.38. The Balaban J connectivity index is 2.38. The summed E-state index contributed by atoms with van der Waals surface area (Å²) in [5.41, 5.74) is 1.23. The number of thiocarbonyl (C=S) groups is 1. The summed E-state index contributed by atoms with van der Waals surface area (Å²) in [5, 5.41) is 3.15. The van der Waals surface area contributed by atoms with Crippen LogP contribution in [0.25, 0.3) is 0 Å². The zero-order valence-corrected chi connectivity index (χ0v) is 12.2. The highest BCUT2D eigenvalue weighted by atomic mass is 79.9. The Kier molecular flexibility index (Phi) is 4.17. The second-order valence-electron chi connectivity index (χ2n) is 4.28. The minimum Gasteiger partial charge on any atom is -0.382 e. The monoisotopic (exact) mass is 313 g/mol. The van der Waals surface area contributed by atoms with Crippen LogP contribution in [0, 0.1) is 0 Å². The molecule has 0 aromatic heterocycles. The fourth-order valence-corrected chi connectivity index (χ4v) is 2.96. The van der Waals surface area contributed by atoms with Crippen LogP contribution in [0.3, 0.4) is 0 Å². The van der Waals surface area contributed by atoms with Gasteiger partial charge in [0.05, 0.1) is 4.99 Å². The molecule has 4 heteroatoms.